The van der Waals surface area contributed by atoms with E-state index in [1.54, 1.807) is 0 Å². The van der Waals surface area contributed by atoms with Gasteiger partial charge in [0.1, 0.15) is 12.7 Å². The Morgan fingerprint density at radius 1 is 0.976 bits per heavy atom. The van der Waals surface area contributed by atoms with Gasteiger partial charge in [-0.05, 0) is 124 Å². The number of fused-ring (bicyclic) bond motifs is 5. The maximum Gasteiger partial charge on any atom is 0.332 e. The number of carbonyl (C=O) groups excluding carboxylic acids is 1. The van der Waals surface area contributed by atoms with Crippen LogP contribution in [0.3, 0.4) is 0 Å². The summed E-state index contributed by atoms with van der Waals surface area (Å²) in [4.78, 5) is 12.6. The van der Waals surface area contributed by atoms with Gasteiger partial charge >= 0.3 is 5.97 Å². The number of ether oxygens (including phenoxy) is 2. The topological polar surface area (TPSA) is 76.0 Å². The van der Waals surface area contributed by atoms with Crippen molar-refractivity contribution in [3.05, 3.63) is 35.9 Å². The van der Waals surface area contributed by atoms with Crippen molar-refractivity contribution in [2.24, 2.45) is 46.3 Å². The van der Waals surface area contributed by atoms with E-state index >= 15 is 0 Å². The average Bonchev–Trinajstić information content (AvgIpc) is 3.27. The van der Waals surface area contributed by atoms with Crippen LogP contribution >= 0.6 is 0 Å². The fraction of sp³-hybridized carbons (Fsp3) is 0.806. The van der Waals surface area contributed by atoms with Crippen LogP contribution in [0.2, 0.25) is 0 Å². The van der Waals surface area contributed by atoms with Crippen molar-refractivity contribution < 1.29 is 24.5 Å². The molecule has 0 amide bonds. The minimum absolute atomic E-state index is 0.0810. The van der Waals surface area contributed by atoms with Crippen LogP contribution in [-0.2, 0) is 20.9 Å². The van der Waals surface area contributed by atoms with Gasteiger partial charge in [-0.3, -0.25) is 0 Å². The van der Waals surface area contributed by atoms with Gasteiger partial charge in [-0.25, -0.2) is 4.79 Å². The molecule has 0 bridgehead atoms. The van der Waals surface area contributed by atoms with E-state index in [1.165, 1.54) is 38.5 Å². The van der Waals surface area contributed by atoms with Gasteiger partial charge in [-0.1, -0.05) is 63.9 Å². The Hall–Kier alpha value is -1.43. The summed E-state index contributed by atoms with van der Waals surface area (Å²) < 4.78 is 11.4. The third-order valence-corrected chi connectivity index (χ3v) is 12.5. The molecule has 0 aliphatic heterocycles. The van der Waals surface area contributed by atoms with Crippen molar-refractivity contribution >= 4 is 5.97 Å². The Morgan fingerprint density at radius 2 is 1.66 bits per heavy atom. The van der Waals surface area contributed by atoms with Crippen molar-refractivity contribution in [3.63, 3.8) is 0 Å². The molecule has 0 unspecified atom stereocenters. The first-order valence-electron chi connectivity index (χ1n) is 16.6. The minimum atomic E-state index is -0.590. The summed E-state index contributed by atoms with van der Waals surface area (Å²) in [7, 11) is 0. The highest BCUT2D eigenvalue weighted by Crippen LogP contribution is 2.68. The lowest BCUT2D eigenvalue weighted by atomic mass is 9.44. The molecule has 1 aromatic carbocycles. The molecule has 0 heterocycles. The highest BCUT2D eigenvalue weighted by molar-refractivity contribution is 5.71. The van der Waals surface area contributed by atoms with Gasteiger partial charge in [0.25, 0.3) is 0 Å². The molecule has 10 atom stereocenters. The van der Waals surface area contributed by atoms with E-state index in [4.69, 9.17) is 9.47 Å². The number of esters is 1. The van der Waals surface area contributed by atoms with Crippen molar-refractivity contribution in [2.45, 2.75) is 130 Å². The van der Waals surface area contributed by atoms with Crippen LogP contribution in [0.25, 0.3) is 0 Å². The molecule has 1 aromatic rings. The molecule has 4 aliphatic rings. The van der Waals surface area contributed by atoms with Crippen LogP contribution in [0.4, 0.5) is 0 Å². The lowest BCUT2D eigenvalue weighted by molar-refractivity contribution is -0.195. The SMILES string of the molecule is C[C@H](CCCC(C)(C)O)[C@H]1CC[C@H]2[C@@H]3CC[C@H]4[C@@H](O)[C@@H](OC(=O)COCc5ccccc5)CC[C@]4(C)[C@H]3CC[C@]12C. The molecule has 5 nitrogen and oxygen atoms in total. The van der Waals surface area contributed by atoms with Crippen molar-refractivity contribution in [3.8, 4) is 0 Å². The Balaban J connectivity index is 1.16. The molecule has 4 aliphatic carbocycles. The molecular formula is C36H56O5. The maximum absolute atomic E-state index is 12.6. The van der Waals surface area contributed by atoms with Crippen LogP contribution in [0, 0.1) is 46.3 Å². The molecule has 2 N–H and O–H groups in total. The fourth-order valence-corrected chi connectivity index (χ4v) is 10.5. The summed E-state index contributed by atoms with van der Waals surface area (Å²) in [6, 6.07) is 9.84. The van der Waals surface area contributed by atoms with Gasteiger partial charge in [0.15, 0.2) is 0 Å². The first-order valence-corrected chi connectivity index (χ1v) is 16.6. The second-order valence-corrected chi connectivity index (χ2v) is 15.5. The molecule has 0 aromatic heterocycles. The Bertz CT molecular complexity index is 1020. The van der Waals surface area contributed by atoms with E-state index in [0.717, 1.165) is 55.4 Å². The third-order valence-electron chi connectivity index (χ3n) is 12.5. The molecule has 230 valence electrons. The summed E-state index contributed by atoms with van der Waals surface area (Å²) >= 11 is 0. The molecule has 0 saturated heterocycles. The van der Waals surface area contributed by atoms with E-state index in [-0.39, 0.29) is 23.9 Å². The van der Waals surface area contributed by atoms with Gasteiger partial charge in [0.05, 0.1) is 18.3 Å². The smallest absolute Gasteiger partial charge is 0.332 e. The normalized spacial score (nSPS) is 39.3. The standard InChI is InChI=1S/C36H56O5/c1-24(10-9-19-34(2,3)39)27-15-16-28-26-13-14-30-33(38)31(18-21-36(30,5)29(26)17-20-35(27,28)4)41-32(37)23-40-22-25-11-7-6-8-12-25/h6-8,11-12,24,26-31,33,38-39H,9-10,13-23H2,1-5H3/t24-,26+,27-,28+,29+,30+,31+,33-,35-,36-/m1/s1. The van der Waals surface area contributed by atoms with Crippen LogP contribution in [0.5, 0.6) is 0 Å². The van der Waals surface area contributed by atoms with Gasteiger partial charge in [0, 0.05) is 0 Å². The number of hydrogen-bond donors (Lipinski definition) is 2. The number of rotatable bonds is 10. The van der Waals surface area contributed by atoms with Gasteiger partial charge in [-0.2, -0.15) is 0 Å². The van der Waals surface area contributed by atoms with E-state index in [1.807, 2.05) is 44.2 Å². The average molecular weight is 569 g/mol. The number of hydrogen-bond acceptors (Lipinski definition) is 5. The maximum atomic E-state index is 12.6. The van der Waals surface area contributed by atoms with Crippen molar-refractivity contribution in [2.75, 3.05) is 6.61 Å². The lowest BCUT2D eigenvalue weighted by Gasteiger charge is -2.62. The molecule has 5 rings (SSSR count). The number of carbonyl (C=O) groups is 1. The summed E-state index contributed by atoms with van der Waals surface area (Å²) in [6.45, 7) is 11.7. The van der Waals surface area contributed by atoms with Gasteiger partial charge in [0.2, 0.25) is 0 Å². The fourth-order valence-electron chi connectivity index (χ4n) is 10.5. The Morgan fingerprint density at radius 3 is 2.39 bits per heavy atom. The molecule has 4 saturated carbocycles. The van der Waals surface area contributed by atoms with Crippen LogP contribution < -0.4 is 0 Å². The van der Waals surface area contributed by atoms with E-state index in [2.05, 4.69) is 20.8 Å². The third kappa shape index (κ3) is 6.43. The molecule has 4 fully saturated rings. The zero-order valence-corrected chi connectivity index (χ0v) is 26.3. The summed E-state index contributed by atoms with van der Waals surface area (Å²) in [5.74, 6) is 3.51. The van der Waals surface area contributed by atoms with Crippen molar-refractivity contribution in [1.29, 1.82) is 0 Å². The zero-order valence-electron chi connectivity index (χ0n) is 26.3. The molecule has 0 spiro atoms. The molecular weight excluding hydrogens is 512 g/mol. The number of benzene rings is 1. The summed E-state index contributed by atoms with van der Waals surface area (Å²) in [5, 5.41) is 21.7. The van der Waals surface area contributed by atoms with Crippen molar-refractivity contribution in [1.82, 2.24) is 0 Å². The minimum Gasteiger partial charge on any atom is -0.458 e. The molecule has 0 radical (unpaired) electrons. The predicted molar refractivity (Wildman–Crippen MR) is 162 cm³/mol. The molecule has 5 heteroatoms. The summed E-state index contributed by atoms with van der Waals surface area (Å²) in [6.07, 6.45) is 11.5. The van der Waals surface area contributed by atoms with Crippen LogP contribution in [-0.4, -0.2) is 40.6 Å². The van der Waals surface area contributed by atoms with Crippen LogP contribution in [0.1, 0.15) is 111 Å². The largest absolute Gasteiger partial charge is 0.458 e. The summed E-state index contributed by atoms with van der Waals surface area (Å²) in [5.41, 5.74) is 1.01. The first-order chi connectivity index (χ1) is 19.4. The van der Waals surface area contributed by atoms with Crippen LogP contribution in [0.15, 0.2) is 30.3 Å². The van der Waals surface area contributed by atoms with E-state index in [9.17, 15) is 15.0 Å². The molecule has 41 heavy (non-hydrogen) atoms. The Kier molecular flexibility index (Phi) is 9.29. The van der Waals surface area contributed by atoms with Gasteiger partial charge < -0.3 is 19.7 Å². The number of aliphatic hydroxyl groups excluding tert-OH is 1. The van der Waals surface area contributed by atoms with E-state index < -0.39 is 17.8 Å². The first kappa shape index (κ1) is 31.0. The number of aliphatic hydroxyl groups is 2. The second kappa shape index (κ2) is 12.3. The highest BCUT2D eigenvalue weighted by atomic mass is 16.6. The quantitative estimate of drug-likeness (QED) is 0.289. The second-order valence-electron chi connectivity index (χ2n) is 15.5. The van der Waals surface area contributed by atoms with Gasteiger partial charge in [-0.15, -0.1) is 0 Å². The zero-order chi connectivity index (χ0) is 29.4. The lowest BCUT2D eigenvalue weighted by Crippen LogP contribution is -2.59. The Labute approximate surface area is 248 Å². The highest BCUT2D eigenvalue weighted by Gasteiger charge is 2.62. The van der Waals surface area contributed by atoms with E-state index in [0.29, 0.717) is 23.9 Å². The predicted octanol–water partition coefficient (Wildman–Crippen LogP) is 7.32. The monoisotopic (exact) mass is 568 g/mol.